The van der Waals surface area contributed by atoms with Crippen LogP contribution in [0, 0.1) is 0 Å². The molecule has 0 N–H and O–H groups in total. The van der Waals surface area contributed by atoms with Crippen LogP contribution < -0.4 is 0 Å². The lowest BCUT2D eigenvalue weighted by Crippen LogP contribution is -2.25. The van der Waals surface area contributed by atoms with Gasteiger partial charge in [0.1, 0.15) is 26.4 Å². The highest BCUT2D eigenvalue weighted by atomic mass is 16.6. The van der Waals surface area contributed by atoms with Crippen molar-refractivity contribution in [2.75, 3.05) is 161 Å². The molecule has 0 atom stereocenters. The molecule has 0 aliphatic rings. The first-order valence-electron chi connectivity index (χ1n) is 17.6. The molecule has 0 bridgehead atoms. The molecule has 310 valence electrons. The number of hydrogen-bond acceptors (Lipinski definition) is 18. The van der Waals surface area contributed by atoms with Gasteiger partial charge in [0.25, 0.3) is 0 Å². The summed E-state index contributed by atoms with van der Waals surface area (Å²) in [6.45, 7) is 6.41. The molecule has 0 amide bonds. The van der Waals surface area contributed by atoms with Gasteiger partial charge in [0.2, 0.25) is 0 Å². The Labute approximate surface area is 320 Å². The fourth-order valence-electron chi connectivity index (χ4n) is 3.49. The van der Waals surface area contributed by atoms with Crippen molar-refractivity contribution in [1.29, 1.82) is 0 Å². The third-order valence-electron chi connectivity index (χ3n) is 6.59. The monoisotopic (exact) mass is 774 g/mol. The molecule has 0 unspecified atom stereocenters. The number of methoxy groups -OCH3 is 2. The van der Waals surface area contributed by atoms with Crippen molar-refractivity contribution in [2.24, 2.45) is 0 Å². The Bertz CT molecular complexity index is 1110. The number of rotatable bonds is 35. The van der Waals surface area contributed by atoms with Crippen LogP contribution >= 0.6 is 0 Å². The number of likely N-dealkylation sites (N-methyl/N-ethyl adjacent to an activating group) is 4. The summed E-state index contributed by atoms with van der Waals surface area (Å²) in [5.41, 5.74) is 0. The Balaban J connectivity index is 3.75. The van der Waals surface area contributed by atoms with Crippen LogP contribution in [0.1, 0.15) is 0 Å². The van der Waals surface area contributed by atoms with Gasteiger partial charge in [-0.25, -0.2) is 19.2 Å². The van der Waals surface area contributed by atoms with Crippen LogP contribution in [-0.2, 0) is 66.5 Å². The molecule has 0 heterocycles. The Morgan fingerprint density at radius 3 is 0.815 bits per heavy atom. The highest BCUT2D eigenvalue weighted by molar-refractivity contribution is 5.82. The molecule has 18 nitrogen and oxygen atoms in total. The molecule has 0 aliphatic carbocycles. The van der Waals surface area contributed by atoms with E-state index in [1.807, 2.05) is 47.8 Å². The van der Waals surface area contributed by atoms with E-state index in [-0.39, 0.29) is 39.6 Å². The number of esters is 4. The SMILES string of the molecule is COCCOCCOC(=O)/C=C/N(C)CCN(C)/C=C/C(=O)OCCOCCOCCOCCOC(=O)/C=C/N(C)CCN(C)/C=C/C(=O)OCCOC. The van der Waals surface area contributed by atoms with Crippen molar-refractivity contribution >= 4 is 23.9 Å². The average Bonchev–Trinajstić information content (AvgIpc) is 3.16. The maximum absolute atomic E-state index is 11.9. The Kier molecular flexibility index (Phi) is 33.0. The molecule has 0 rings (SSSR count). The minimum Gasteiger partial charge on any atom is -0.460 e. The largest absolute Gasteiger partial charge is 0.460 e. The predicted molar refractivity (Wildman–Crippen MR) is 198 cm³/mol. The van der Waals surface area contributed by atoms with Crippen molar-refractivity contribution in [3.05, 3.63) is 49.1 Å². The van der Waals surface area contributed by atoms with E-state index in [0.29, 0.717) is 79.0 Å². The van der Waals surface area contributed by atoms with E-state index in [4.69, 9.17) is 47.4 Å². The average molecular weight is 775 g/mol. The summed E-state index contributed by atoms with van der Waals surface area (Å²) in [4.78, 5) is 54.5. The third-order valence-corrected chi connectivity index (χ3v) is 6.59. The number of ether oxygens (including phenoxy) is 10. The topological polar surface area (TPSA) is 174 Å². The van der Waals surface area contributed by atoms with Crippen molar-refractivity contribution < 1.29 is 66.5 Å². The van der Waals surface area contributed by atoms with Crippen LogP contribution in [0.25, 0.3) is 0 Å². The summed E-state index contributed by atoms with van der Waals surface area (Å²) in [5.74, 6) is -1.87. The van der Waals surface area contributed by atoms with Gasteiger partial charge in [-0.15, -0.1) is 0 Å². The first-order valence-corrected chi connectivity index (χ1v) is 17.6. The molecule has 54 heavy (non-hydrogen) atoms. The molecule has 0 saturated heterocycles. The highest BCUT2D eigenvalue weighted by Crippen LogP contribution is 1.95. The van der Waals surface area contributed by atoms with E-state index in [0.717, 1.165) is 0 Å². The van der Waals surface area contributed by atoms with Crippen molar-refractivity contribution in [3.63, 3.8) is 0 Å². The molecule has 0 aromatic heterocycles. The minimum atomic E-state index is -0.486. The second kappa shape index (κ2) is 35.8. The van der Waals surface area contributed by atoms with Gasteiger partial charge in [-0.2, -0.15) is 0 Å². The molecule has 0 aromatic rings. The smallest absolute Gasteiger partial charge is 0.332 e. The number of carbonyl (C=O) groups excluding carboxylic acids is 4. The van der Waals surface area contributed by atoms with Crippen LogP contribution in [0.4, 0.5) is 0 Å². The summed E-state index contributed by atoms with van der Waals surface area (Å²) >= 11 is 0. The molecule has 0 radical (unpaired) electrons. The maximum atomic E-state index is 11.9. The zero-order valence-corrected chi connectivity index (χ0v) is 32.9. The molecule has 0 fully saturated rings. The van der Waals surface area contributed by atoms with Crippen LogP contribution in [0.2, 0.25) is 0 Å². The van der Waals surface area contributed by atoms with Crippen molar-refractivity contribution in [1.82, 2.24) is 19.6 Å². The molecule has 0 saturated carbocycles. The molecule has 0 aromatic carbocycles. The Hall–Kier alpha value is -4.20. The lowest BCUT2D eigenvalue weighted by atomic mass is 10.5. The second-order valence-corrected chi connectivity index (χ2v) is 11.3. The molecule has 0 aliphatic heterocycles. The van der Waals surface area contributed by atoms with E-state index in [9.17, 15) is 19.2 Å². The van der Waals surface area contributed by atoms with Crippen LogP contribution in [-0.4, -0.2) is 205 Å². The zero-order valence-electron chi connectivity index (χ0n) is 32.9. The van der Waals surface area contributed by atoms with E-state index in [1.54, 1.807) is 31.9 Å². The van der Waals surface area contributed by atoms with E-state index in [2.05, 4.69) is 0 Å². The fraction of sp³-hybridized carbons (Fsp3) is 0.667. The standard InChI is InChI=1S/C36H62N4O14/c1-37(11-7-33(41)51-29-20-46-6)15-16-39(3)13-9-35(43)53-31-27-49-24-22-48-23-25-50-28-32-54-36(44)10-14-40(4)18-17-38(2)12-8-34(42)52-30-26-47-21-19-45-5/h7-14H,15-32H2,1-6H3/b11-7+,12-8+,13-9+,14-10+. The van der Waals surface area contributed by atoms with Gasteiger partial charge in [0.05, 0.1) is 66.1 Å². The van der Waals surface area contributed by atoms with Gasteiger partial charge < -0.3 is 67.0 Å². The maximum Gasteiger partial charge on any atom is 0.332 e. The highest BCUT2D eigenvalue weighted by Gasteiger charge is 2.03. The number of nitrogens with zero attached hydrogens (tertiary/aromatic N) is 4. The summed E-state index contributed by atoms with van der Waals surface area (Å²) in [5, 5.41) is 0. The second-order valence-electron chi connectivity index (χ2n) is 11.3. The van der Waals surface area contributed by atoms with Crippen LogP contribution in [0.15, 0.2) is 49.1 Å². The normalized spacial score (nSPS) is 11.4. The molecular weight excluding hydrogens is 712 g/mol. The lowest BCUT2D eigenvalue weighted by molar-refractivity contribution is -0.140. The molecular formula is C36H62N4O14. The number of hydrogen-bond donors (Lipinski definition) is 0. The molecule has 18 heteroatoms. The van der Waals surface area contributed by atoms with Gasteiger partial charge in [0, 0.05) is 118 Å². The van der Waals surface area contributed by atoms with Crippen LogP contribution in [0.5, 0.6) is 0 Å². The predicted octanol–water partition coefficient (Wildman–Crippen LogP) is 0.300. The zero-order chi connectivity index (χ0) is 40.1. The molecule has 0 spiro atoms. The quantitative estimate of drug-likeness (QED) is 0.0372. The van der Waals surface area contributed by atoms with Gasteiger partial charge in [-0.3, -0.25) is 0 Å². The van der Waals surface area contributed by atoms with Gasteiger partial charge in [-0.1, -0.05) is 0 Å². The summed E-state index contributed by atoms with van der Waals surface area (Å²) in [7, 11) is 10.4. The summed E-state index contributed by atoms with van der Waals surface area (Å²) in [6, 6.07) is 0. The third kappa shape index (κ3) is 34.9. The van der Waals surface area contributed by atoms with Gasteiger partial charge in [0.15, 0.2) is 0 Å². The van der Waals surface area contributed by atoms with E-state index < -0.39 is 23.9 Å². The number of carbonyl (C=O) groups is 4. The van der Waals surface area contributed by atoms with E-state index in [1.165, 1.54) is 31.4 Å². The van der Waals surface area contributed by atoms with Crippen molar-refractivity contribution in [2.45, 2.75) is 0 Å². The fourth-order valence-corrected chi connectivity index (χ4v) is 3.49. The Morgan fingerprint density at radius 1 is 0.352 bits per heavy atom. The van der Waals surface area contributed by atoms with Crippen LogP contribution in [0.3, 0.4) is 0 Å². The Morgan fingerprint density at radius 2 is 0.556 bits per heavy atom. The minimum absolute atomic E-state index is 0.105. The van der Waals surface area contributed by atoms with E-state index >= 15 is 0 Å². The van der Waals surface area contributed by atoms with Gasteiger partial charge in [-0.05, 0) is 0 Å². The first-order chi connectivity index (χ1) is 26.1. The van der Waals surface area contributed by atoms with Gasteiger partial charge >= 0.3 is 23.9 Å². The summed E-state index contributed by atoms with van der Waals surface area (Å²) < 4.78 is 51.4. The van der Waals surface area contributed by atoms with Crippen molar-refractivity contribution in [3.8, 4) is 0 Å². The summed E-state index contributed by atoms with van der Waals surface area (Å²) in [6.07, 6.45) is 11.8. The first kappa shape index (κ1) is 49.8. The lowest BCUT2D eigenvalue weighted by Gasteiger charge is -2.19.